The van der Waals surface area contributed by atoms with Gasteiger partial charge in [-0.15, -0.1) is 0 Å². The molecule has 39 heavy (non-hydrogen) atoms. The van der Waals surface area contributed by atoms with Crippen molar-refractivity contribution in [2.24, 2.45) is 0 Å². The van der Waals surface area contributed by atoms with Gasteiger partial charge in [-0.1, -0.05) is 31.2 Å². The summed E-state index contributed by atoms with van der Waals surface area (Å²) in [6.07, 6.45) is 2.77. The lowest BCUT2D eigenvalue weighted by Gasteiger charge is -2.28. The van der Waals surface area contributed by atoms with Gasteiger partial charge in [0.05, 0.1) is 17.8 Å². The highest BCUT2D eigenvalue weighted by Crippen LogP contribution is 2.44. The van der Waals surface area contributed by atoms with Crippen molar-refractivity contribution in [3.63, 3.8) is 0 Å². The molecule has 200 valence electrons. The van der Waals surface area contributed by atoms with E-state index in [1.807, 2.05) is 48.7 Å². The minimum absolute atomic E-state index is 0.00644. The van der Waals surface area contributed by atoms with Crippen LogP contribution in [0.3, 0.4) is 0 Å². The number of pyridine rings is 1. The monoisotopic (exact) mass is 539 g/mol. The van der Waals surface area contributed by atoms with E-state index in [9.17, 15) is 4.79 Å². The molecule has 1 amide bonds. The van der Waals surface area contributed by atoms with Crippen LogP contribution in [0, 0.1) is 13.8 Å². The summed E-state index contributed by atoms with van der Waals surface area (Å²) in [5.74, 6) is -0.198. The predicted octanol–water partition coefficient (Wildman–Crippen LogP) is 5.81. The summed E-state index contributed by atoms with van der Waals surface area (Å²) < 4.78 is 7.27. The van der Waals surface area contributed by atoms with Gasteiger partial charge in [0.2, 0.25) is 5.91 Å². The van der Waals surface area contributed by atoms with Gasteiger partial charge in [0.25, 0.3) is 0 Å². The largest absolute Gasteiger partial charge is 0.375 e. The zero-order valence-corrected chi connectivity index (χ0v) is 23.5. The van der Waals surface area contributed by atoms with Crippen molar-refractivity contribution >= 4 is 34.6 Å². The Morgan fingerprint density at radius 3 is 2.51 bits per heavy atom. The number of nitrogens with one attached hydrogen (secondary N) is 2. The molecular formula is C31H33N5O2S. The molecular weight excluding hydrogens is 506 g/mol. The van der Waals surface area contributed by atoms with Gasteiger partial charge in [0, 0.05) is 41.8 Å². The number of carbonyl (C=O) groups excluding carboxylic acids is 1. The van der Waals surface area contributed by atoms with Crippen molar-refractivity contribution in [1.82, 2.24) is 14.9 Å². The first-order valence-electron chi connectivity index (χ1n) is 13.1. The molecule has 4 aromatic rings. The number of nitrogens with zero attached hydrogens (tertiary/aromatic N) is 3. The minimum atomic E-state index is -0.198. The van der Waals surface area contributed by atoms with Gasteiger partial charge in [0.1, 0.15) is 6.61 Å². The van der Waals surface area contributed by atoms with Gasteiger partial charge in [-0.25, -0.2) is 0 Å². The van der Waals surface area contributed by atoms with Crippen LogP contribution in [0.25, 0.3) is 5.69 Å². The number of hydrogen-bond acceptors (Lipinski definition) is 4. The quantitative estimate of drug-likeness (QED) is 0.275. The van der Waals surface area contributed by atoms with Crippen molar-refractivity contribution in [3.8, 4) is 5.69 Å². The number of aryl methyl sites for hydroxylation is 2. The molecule has 2 N–H and O–H groups in total. The van der Waals surface area contributed by atoms with Gasteiger partial charge in [-0.2, -0.15) is 0 Å². The normalized spacial score (nSPS) is 16.8. The molecule has 0 aliphatic carbocycles. The van der Waals surface area contributed by atoms with Crippen LogP contribution in [0.1, 0.15) is 47.2 Å². The Morgan fingerprint density at radius 2 is 1.82 bits per heavy atom. The molecule has 0 bridgehead atoms. The number of thiocarbonyl (C=S) groups is 1. The number of carbonyl (C=O) groups is 1. The van der Waals surface area contributed by atoms with Crippen molar-refractivity contribution in [2.45, 2.75) is 39.3 Å². The fourth-order valence-corrected chi connectivity index (χ4v) is 5.81. The third-order valence-electron chi connectivity index (χ3n) is 7.21. The van der Waals surface area contributed by atoms with E-state index >= 15 is 0 Å². The van der Waals surface area contributed by atoms with Crippen molar-refractivity contribution in [1.29, 1.82) is 0 Å². The Bertz CT molecular complexity index is 1480. The Kier molecular flexibility index (Phi) is 7.77. The van der Waals surface area contributed by atoms with Crippen LogP contribution in [0.15, 0.2) is 79.0 Å². The molecule has 3 heterocycles. The van der Waals surface area contributed by atoms with Crippen LogP contribution in [-0.2, 0) is 16.0 Å². The number of rotatable bonds is 8. The number of hydrogen-bond donors (Lipinski definition) is 2. The maximum Gasteiger partial charge on any atom is 0.250 e. The molecule has 2 atom stereocenters. The summed E-state index contributed by atoms with van der Waals surface area (Å²) in [6.45, 7) is 6.53. The second kappa shape index (κ2) is 11.4. The number of para-hydroxylation sites is 1. The van der Waals surface area contributed by atoms with Gasteiger partial charge in [-0.3, -0.25) is 9.78 Å². The summed E-state index contributed by atoms with van der Waals surface area (Å²) in [4.78, 5) is 18.8. The number of ether oxygens (including phenoxy) is 1. The van der Waals surface area contributed by atoms with E-state index in [-0.39, 0.29) is 24.6 Å². The Hall–Kier alpha value is -4.01. The standard InChI is InChI=1S/C31H33N5O2S/c1-5-22-10-6-7-12-27(22)35-20(2)18-25(21(35)3)30-29(26-11-8-9-17-32-26)34-31(39)36(30)24-15-13-23(14-16-24)33-28(37)19-38-4/h6-18,29-30H,5,19H2,1-4H3,(H,33,37)(H,34,39). The molecule has 7 nitrogen and oxygen atoms in total. The van der Waals surface area contributed by atoms with E-state index in [2.05, 4.69) is 71.2 Å². The highest BCUT2D eigenvalue weighted by molar-refractivity contribution is 7.80. The van der Waals surface area contributed by atoms with E-state index in [1.54, 1.807) is 0 Å². The van der Waals surface area contributed by atoms with Gasteiger partial charge < -0.3 is 24.8 Å². The number of benzene rings is 2. The van der Waals surface area contributed by atoms with Crippen LogP contribution >= 0.6 is 12.2 Å². The molecule has 0 radical (unpaired) electrons. The highest BCUT2D eigenvalue weighted by Gasteiger charge is 2.42. The first-order chi connectivity index (χ1) is 18.9. The molecule has 5 rings (SSSR count). The third-order valence-corrected chi connectivity index (χ3v) is 7.52. The van der Waals surface area contributed by atoms with Crippen LogP contribution in [0.5, 0.6) is 0 Å². The maximum atomic E-state index is 12.0. The molecule has 2 aromatic heterocycles. The van der Waals surface area contributed by atoms with Gasteiger partial charge in [-0.05, 0) is 92.1 Å². The third kappa shape index (κ3) is 5.17. The molecule has 0 spiro atoms. The summed E-state index contributed by atoms with van der Waals surface area (Å²) in [6, 6.07) is 24.3. The van der Waals surface area contributed by atoms with E-state index in [0.29, 0.717) is 10.8 Å². The molecule has 2 unspecified atom stereocenters. The number of methoxy groups -OCH3 is 1. The van der Waals surface area contributed by atoms with Crippen molar-refractivity contribution in [3.05, 3.63) is 107 Å². The molecule has 1 aliphatic rings. The second-order valence-electron chi connectivity index (χ2n) is 9.67. The van der Waals surface area contributed by atoms with Crippen LogP contribution < -0.4 is 15.5 Å². The molecule has 8 heteroatoms. The van der Waals surface area contributed by atoms with Crippen LogP contribution in [0.2, 0.25) is 0 Å². The van der Waals surface area contributed by atoms with Crippen molar-refractivity contribution < 1.29 is 9.53 Å². The fraction of sp³-hybridized carbons (Fsp3) is 0.258. The van der Waals surface area contributed by atoms with E-state index in [0.717, 1.165) is 23.5 Å². The topological polar surface area (TPSA) is 71.4 Å². The molecule has 1 aliphatic heterocycles. The molecule has 1 fully saturated rings. The smallest absolute Gasteiger partial charge is 0.250 e. The highest BCUT2D eigenvalue weighted by atomic mass is 32.1. The lowest BCUT2D eigenvalue weighted by atomic mass is 9.96. The Labute approximate surface area is 234 Å². The first-order valence-corrected chi connectivity index (χ1v) is 13.5. The van der Waals surface area contributed by atoms with E-state index in [1.165, 1.54) is 29.6 Å². The number of aromatic nitrogens is 2. The molecule has 1 saturated heterocycles. The summed E-state index contributed by atoms with van der Waals surface area (Å²) >= 11 is 5.92. The fourth-order valence-electron chi connectivity index (χ4n) is 5.47. The second-order valence-corrected chi connectivity index (χ2v) is 10.1. The predicted molar refractivity (Wildman–Crippen MR) is 160 cm³/mol. The zero-order valence-electron chi connectivity index (χ0n) is 22.6. The zero-order chi connectivity index (χ0) is 27.5. The molecule has 2 aromatic carbocycles. The lowest BCUT2D eigenvalue weighted by Crippen LogP contribution is -2.29. The summed E-state index contributed by atoms with van der Waals surface area (Å²) in [5, 5.41) is 7.03. The average molecular weight is 540 g/mol. The first kappa shape index (κ1) is 26.6. The van der Waals surface area contributed by atoms with Crippen LogP contribution in [0.4, 0.5) is 11.4 Å². The Balaban J connectivity index is 1.60. The SMILES string of the molecule is CCc1ccccc1-n1c(C)cc(C2C(c3ccccn3)NC(=S)N2c2ccc(NC(=O)COC)cc2)c1C. The molecule has 0 saturated carbocycles. The average Bonchev–Trinajstić information content (AvgIpc) is 3.44. The van der Waals surface area contributed by atoms with Gasteiger partial charge in [0.15, 0.2) is 5.11 Å². The van der Waals surface area contributed by atoms with Gasteiger partial charge >= 0.3 is 0 Å². The maximum absolute atomic E-state index is 12.0. The van der Waals surface area contributed by atoms with Crippen LogP contribution in [-0.4, -0.2) is 34.3 Å². The summed E-state index contributed by atoms with van der Waals surface area (Å²) in [5.41, 5.74) is 8.57. The van der Waals surface area contributed by atoms with E-state index in [4.69, 9.17) is 21.9 Å². The minimum Gasteiger partial charge on any atom is -0.375 e. The number of anilines is 2. The van der Waals surface area contributed by atoms with E-state index < -0.39 is 0 Å². The number of amides is 1. The Morgan fingerprint density at radius 1 is 1.08 bits per heavy atom. The van der Waals surface area contributed by atoms with Crippen molar-refractivity contribution in [2.75, 3.05) is 23.9 Å². The summed E-state index contributed by atoms with van der Waals surface area (Å²) in [7, 11) is 1.50. The lowest BCUT2D eigenvalue weighted by molar-refractivity contribution is -0.119.